The first-order valence-electron chi connectivity index (χ1n) is 7.07. The van der Waals surface area contributed by atoms with E-state index < -0.39 is 0 Å². The summed E-state index contributed by atoms with van der Waals surface area (Å²) in [4.78, 5) is 23.3. The van der Waals surface area contributed by atoms with Gasteiger partial charge in [0.2, 0.25) is 0 Å². The van der Waals surface area contributed by atoms with E-state index in [1.807, 2.05) is 20.8 Å². The van der Waals surface area contributed by atoms with Crippen molar-refractivity contribution in [3.8, 4) is 0 Å². The van der Waals surface area contributed by atoms with Crippen LogP contribution in [0, 0.1) is 10.8 Å². The number of hydrogen-bond donors (Lipinski definition) is 0. The molecular formula is C16H30O2. The largest absolute Gasteiger partial charge is 0.300 e. The molecule has 0 heterocycles. The summed E-state index contributed by atoms with van der Waals surface area (Å²) in [6, 6.07) is 0. The van der Waals surface area contributed by atoms with Crippen molar-refractivity contribution in [3.05, 3.63) is 0 Å². The molecule has 2 heteroatoms. The second kappa shape index (κ2) is 7.06. The molecule has 0 radical (unpaired) electrons. The Kier molecular flexibility index (Phi) is 6.80. The normalized spacial score (nSPS) is 12.6. The number of ketones is 2. The molecule has 0 aromatic rings. The summed E-state index contributed by atoms with van der Waals surface area (Å²) in [6.45, 7) is 12.3. The lowest BCUT2D eigenvalue weighted by Gasteiger charge is -2.17. The SMILES string of the molecule is CC(C)(C)CCC(=O)CCCCC(=O)C(C)(C)C. The lowest BCUT2D eigenvalue weighted by molar-refractivity contribution is -0.126. The third kappa shape index (κ3) is 9.38. The first-order chi connectivity index (χ1) is 8.02. The van der Waals surface area contributed by atoms with Gasteiger partial charge in [0.25, 0.3) is 0 Å². The van der Waals surface area contributed by atoms with Crippen molar-refractivity contribution in [2.75, 3.05) is 0 Å². The van der Waals surface area contributed by atoms with Crippen molar-refractivity contribution < 1.29 is 9.59 Å². The van der Waals surface area contributed by atoms with Crippen molar-refractivity contribution in [2.24, 2.45) is 10.8 Å². The number of unbranched alkanes of at least 4 members (excludes halogenated alkanes) is 1. The number of rotatable bonds is 7. The second-order valence-electron chi connectivity index (χ2n) is 7.48. The highest BCUT2D eigenvalue weighted by atomic mass is 16.1. The molecule has 18 heavy (non-hydrogen) atoms. The molecule has 0 fully saturated rings. The van der Waals surface area contributed by atoms with Gasteiger partial charge in [0.15, 0.2) is 0 Å². The van der Waals surface area contributed by atoms with Gasteiger partial charge < -0.3 is 0 Å². The van der Waals surface area contributed by atoms with Crippen LogP contribution in [0.5, 0.6) is 0 Å². The molecule has 106 valence electrons. The molecule has 0 saturated carbocycles. The molecule has 0 atom stereocenters. The Morgan fingerprint density at radius 3 is 1.72 bits per heavy atom. The van der Waals surface area contributed by atoms with E-state index in [4.69, 9.17) is 0 Å². The molecule has 0 aliphatic heterocycles. The molecule has 0 N–H and O–H groups in total. The molecule has 0 saturated heterocycles. The van der Waals surface area contributed by atoms with E-state index in [1.54, 1.807) is 0 Å². The third-order valence-electron chi connectivity index (χ3n) is 3.10. The van der Waals surface area contributed by atoms with E-state index in [1.165, 1.54) is 0 Å². The molecule has 0 aromatic heterocycles. The summed E-state index contributed by atoms with van der Waals surface area (Å²) in [7, 11) is 0. The van der Waals surface area contributed by atoms with Crippen LogP contribution in [0.15, 0.2) is 0 Å². The topological polar surface area (TPSA) is 34.1 Å². The van der Waals surface area contributed by atoms with E-state index in [2.05, 4.69) is 20.8 Å². The monoisotopic (exact) mass is 254 g/mol. The van der Waals surface area contributed by atoms with E-state index in [0.29, 0.717) is 30.8 Å². The van der Waals surface area contributed by atoms with Gasteiger partial charge in [-0.15, -0.1) is 0 Å². The number of carbonyl (C=O) groups excluding carboxylic acids is 2. The Morgan fingerprint density at radius 2 is 1.28 bits per heavy atom. The Hall–Kier alpha value is -0.660. The lowest BCUT2D eigenvalue weighted by atomic mass is 9.87. The predicted octanol–water partition coefficient (Wildman–Crippen LogP) is 4.56. The van der Waals surface area contributed by atoms with Crippen LogP contribution < -0.4 is 0 Å². The number of carbonyl (C=O) groups is 2. The van der Waals surface area contributed by atoms with E-state index >= 15 is 0 Å². The lowest BCUT2D eigenvalue weighted by Crippen LogP contribution is -2.19. The molecule has 0 aliphatic carbocycles. The van der Waals surface area contributed by atoms with Crippen LogP contribution in [-0.4, -0.2) is 11.6 Å². The molecule has 0 aromatic carbocycles. The van der Waals surface area contributed by atoms with Gasteiger partial charge in [-0.3, -0.25) is 9.59 Å². The van der Waals surface area contributed by atoms with Gasteiger partial charge in [-0.05, 0) is 24.7 Å². The standard InChI is InChI=1S/C16H30O2/c1-15(2,3)12-11-13(17)9-7-8-10-14(18)16(4,5)6/h7-12H2,1-6H3. The Balaban J connectivity index is 3.68. The average molecular weight is 254 g/mol. The summed E-state index contributed by atoms with van der Waals surface area (Å²) >= 11 is 0. The van der Waals surface area contributed by atoms with Crippen LogP contribution in [0.25, 0.3) is 0 Å². The predicted molar refractivity (Wildman–Crippen MR) is 76.6 cm³/mol. The zero-order valence-corrected chi connectivity index (χ0v) is 13.1. The minimum Gasteiger partial charge on any atom is -0.300 e. The Bertz CT molecular complexity index is 276. The maximum Gasteiger partial charge on any atom is 0.138 e. The fourth-order valence-electron chi connectivity index (χ4n) is 1.62. The van der Waals surface area contributed by atoms with E-state index in [-0.39, 0.29) is 10.8 Å². The highest BCUT2D eigenvalue weighted by molar-refractivity contribution is 5.83. The van der Waals surface area contributed by atoms with Gasteiger partial charge >= 0.3 is 0 Å². The zero-order chi connectivity index (χ0) is 14.4. The van der Waals surface area contributed by atoms with Crippen molar-refractivity contribution >= 4 is 11.6 Å². The van der Waals surface area contributed by atoms with Gasteiger partial charge in [-0.25, -0.2) is 0 Å². The maximum atomic E-state index is 11.7. The Morgan fingerprint density at radius 1 is 0.778 bits per heavy atom. The molecule has 0 rings (SSSR count). The molecule has 0 bridgehead atoms. The highest BCUT2D eigenvalue weighted by Crippen LogP contribution is 2.22. The quantitative estimate of drug-likeness (QED) is 0.624. The maximum absolute atomic E-state index is 11.7. The van der Waals surface area contributed by atoms with Crippen molar-refractivity contribution in [1.82, 2.24) is 0 Å². The van der Waals surface area contributed by atoms with Crippen LogP contribution in [0.2, 0.25) is 0 Å². The molecule has 2 nitrogen and oxygen atoms in total. The molecule has 0 aliphatic rings. The first-order valence-corrected chi connectivity index (χ1v) is 7.07. The molecule has 0 unspecified atom stereocenters. The van der Waals surface area contributed by atoms with Crippen molar-refractivity contribution in [2.45, 2.75) is 80.1 Å². The molecule has 0 spiro atoms. The molecular weight excluding hydrogens is 224 g/mol. The van der Waals surface area contributed by atoms with Gasteiger partial charge in [-0.2, -0.15) is 0 Å². The first kappa shape index (κ1) is 17.3. The summed E-state index contributed by atoms with van der Waals surface area (Å²) < 4.78 is 0. The third-order valence-corrected chi connectivity index (χ3v) is 3.10. The zero-order valence-electron chi connectivity index (χ0n) is 13.1. The van der Waals surface area contributed by atoms with E-state index in [9.17, 15) is 9.59 Å². The summed E-state index contributed by atoms with van der Waals surface area (Å²) in [5.41, 5.74) is -0.00585. The van der Waals surface area contributed by atoms with Crippen molar-refractivity contribution in [3.63, 3.8) is 0 Å². The summed E-state index contributed by atoms with van der Waals surface area (Å²) in [5, 5.41) is 0. The fourth-order valence-corrected chi connectivity index (χ4v) is 1.62. The van der Waals surface area contributed by atoms with Gasteiger partial charge in [0.05, 0.1) is 0 Å². The number of hydrogen-bond acceptors (Lipinski definition) is 2. The van der Waals surface area contributed by atoms with Crippen LogP contribution in [0.1, 0.15) is 80.1 Å². The number of Topliss-reactive ketones (excluding diaryl/α,β-unsaturated/α-hetero) is 2. The van der Waals surface area contributed by atoms with Crippen LogP contribution in [-0.2, 0) is 9.59 Å². The van der Waals surface area contributed by atoms with Gasteiger partial charge in [-0.1, -0.05) is 41.5 Å². The van der Waals surface area contributed by atoms with Gasteiger partial charge in [0.1, 0.15) is 11.6 Å². The van der Waals surface area contributed by atoms with Gasteiger partial charge in [0, 0.05) is 24.7 Å². The smallest absolute Gasteiger partial charge is 0.138 e. The van der Waals surface area contributed by atoms with Crippen LogP contribution in [0.3, 0.4) is 0 Å². The fraction of sp³-hybridized carbons (Fsp3) is 0.875. The highest BCUT2D eigenvalue weighted by Gasteiger charge is 2.20. The summed E-state index contributed by atoms with van der Waals surface area (Å²) in [5.74, 6) is 0.637. The van der Waals surface area contributed by atoms with Crippen LogP contribution in [0.4, 0.5) is 0 Å². The minimum absolute atomic E-state index is 0.234. The minimum atomic E-state index is -0.240. The van der Waals surface area contributed by atoms with E-state index in [0.717, 1.165) is 19.3 Å². The van der Waals surface area contributed by atoms with Crippen LogP contribution >= 0.6 is 0 Å². The Labute approximate surface area is 113 Å². The second-order valence-corrected chi connectivity index (χ2v) is 7.48. The summed E-state index contributed by atoms with van der Waals surface area (Å²) in [6.07, 6.45) is 4.56. The van der Waals surface area contributed by atoms with Crippen molar-refractivity contribution in [1.29, 1.82) is 0 Å². The molecule has 0 amide bonds. The average Bonchev–Trinajstić information content (AvgIpc) is 2.18.